The lowest BCUT2D eigenvalue weighted by Crippen LogP contribution is -1.83. The molecule has 262 valence electrons. The molecule has 0 aliphatic rings. The molecule has 0 saturated carbocycles. The summed E-state index contributed by atoms with van der Waals surface area (Å²) in [6.45, 7) is 0. The second kappa shape index (κ2) is 8.76. The summed E-state index contributed by atoms with van der Waals surface area (Å²) in [4.78, 5) is 0. The van der Waals surface area contributed by atoms with Crippen molar-refractivity contribution in [3.05, 3.63) is 158 Å². The third-order valence-electron chi connectivity index (χ3n) is 14.4. The van der Waals surface area contributed by atoms with Crippen molar-refractivity contribution >= 4 is 152 Å². The van der Waals surface area contributed by atoms with Gasteiger partial charge in [0.05, 0.1) is 66.2 Å². The Balaban J connectivity index is 1.13. The molecule has 0 spiro atoms. The number of hydrogen-bond donors (Lipinski definition) is 0. The maximum Gasteiger partial charge on any atom is 0.0642 e. The Kier molecular flexibility index (Phi) is 4.18. The van der Waals surface area contributed by atoms with Gasteiger partial charge in [-0.3, -0.25) is 0 Å². The van der Waals surface area contributed by atoms with E-state index in [-0.39, 0.29) is 0 Å². The minimum Gasteiger partial charge on any atom is -0.308 e. The molecule has 8 heterocycles. The van der Waals surface area contributed by atoms with Crippen LogP contribution in [0.4, 0.5) is 0 Å². The Hall–Kier alpha value is -7.82. The van der Waals surface area contributed by atoms with Crippen molar-refractivity contribution in [2.24, 2.45) is 0 Å². The fraction of sp³-hybridized carbons (Fsp3) is 0. The predicted octanol–water partition coefficient (Wildman–Crippen LogP) is 14.3. The number of hydrogen-bond acceptors (Lipinski definition) is 0. The van der Waals surface area contributed by atoms with Gasteiger partial charge in [0.1, 0.15) is 0 Å². The van der Waals surface area contributed by atoms with Crippen LogP contribution < -0.4 is 0 Å². The average Bonchev–Trinajstić information content (AvgIpc) is 4.15. The summed E-state index contributed by atoms with van der Waals surface area (Å²) in [6.07, 6.45) is 0. The minimum atomic E-state index is 1.26. The van der Waals surface area contributed by atoms with Gasteiger partial charge >= 0.3 is 0 Å². The van der Waals surface area contributed by atoms with Crippen LogP contribution in [0.5, 0.6) is 0 Å². The molecule has 0 radical (unpaired) electrons. The van der Waals surface area contributed by atoms with Crippen molar-refractivity contribution in [2.75, 3.05) is 0 Å². The van der Waals surface area contributed by atoms with Crippen LogP contribution in [0.2, 0.25) is 0 Å². The topological polar surface area (TPSA) is 17.6 Å². The van der Waals surface area contributed by atoms with Crippen LogP contribution in [-0.2, 0) is 0 Å². The third-order valence-corrected chi connectivity index (χ3v) is 14.4. The Labute approximate surface area is 326 Å². The predicted molar refractivity (Wildman–Crippen MR) is 245 cm³/mol. The molecule has 0 aliphatic heterocycles. The van der Waals surface area contributed by atoms with E-state index in [1.165, 1.54) is 152 Å². The highest BCUT2D eigenvalue weighted by Crippen LogP contribution is 2.51. The molecule has 4 nitrogen and oxygen atoms in total. The van der Waals surface area contributed by atoms with E-state index < -0.39 is 0 Å². The molecule has 0 fully saturated rings. The van der Waals surface area contributed by atoms with Gasteiger partial charge in [0, 0.05) is 86.2 Å². The molecule has 0 N–H and O–H groups in total. The molecule has 4 heteroatoms. The van der Waals surface area contributed by atoms with E-state index in [2.05, 4.69) is 175 Å². The molecular formula is C54H26N4. The summed E-state index contributed by atoms with van der Waals surface area (Å²) in [5, 5.41) is 21.1. The van der Waals surface area contributed by atoms with Gasteiger partial charge in [-0.05, 0) is 48.5 Å². The van der Waals surface area contributed by atoms with E-state index in [0.29, 0.717) is 0 Å². The van der Waals surface area contributed by atoms with E-state index >= 15 is 0 Å². The zero-order valence-electron chi connectivity index (χ0n) is 30.8. The smallest absolute Gasteiger partial charge is 0.0642 e. The first-order valence-corrected chi connectivity index (χ1v) is 20.3. The fourth-order valence-corrected chi connectivity index (χ4v) is 12.4. The quantitative estimate of drug-likeness (QED) is 0.148. The van der Waals surface area contributed by atoms with Gasteiger partial charge in [0.2, 0.25) is 0 Å². The largest absolute Gasteiger partial charge is 0.308 e. The van der Waals surface area contributed by atoms with E-state index in [1.54, 1.807) is 0 Å². The molecule has 0 amide bonds. The van der Waals surface area contributed by atoms with Crippen LogP contribution in [-0.4, -0.2) is 17.6 Å². The summed E-state index contributed by atoms with van der Waals surface area (Å²) in [7, 11) is 0. The lowest BCUT2D eigenvalue weighted by atomic mass is 10.0. The summed E-state index contributed by atoms with van der Waals surface area (Å²) >= 11 is 0. The first kappa shape index (κ1) is 27.7. The van der Waals surface area contributed by atoms with Gasteiger partial charge in [-0.25, -0.2) is 0 Å². The van der Waals surface area contributed by atoms with Crippen LogP contribution in [0.25, 0.3) is 152 Å². The van der Waals surface area contributed by atoms with Crippen LogP contribution in [0.15, 0.2) is 158 Å². The highest BCUT2D eigenvalue weighted by Gasteiger charge is 2.29. The highest BCUT2D eigenvalue weighted by molar-refractivity contribution is 6.40. The maximum atomic E-state index is 2.58. The molecule has 8 aromatic heterocycles. The zero-order chi connectivity index (χ0) is 36.9. The fourth-order valence-electron chi connectivity index (χ4n) is 12.4. The number of para-hydroxylation sites is 6. The second-order valence-electron chi connectivity index (χ2n) is 16.8. The van der Waals surface area contributed by atoms with Gasteiger partial charge in [-0.2, -0.15) is 0 Å². The van der Waals surface area contributed by atoms with E-state index in [4.69, 9.17) is 0 Å². The van der Waals surface area contributed by atoms with Crippen molar-refractivity contribution < 1.29 is 0 Å². The average molecular weight is 731 g/mol. The summed E-state index contributed by atoms with van der Waals surface area (Å²) in [5.41, 5.74) is 15.5. The van der Waals surface area contributed by atoms with Crippen molar-refractivity contribution in [1.29, 1.82) is 0 Å². The van der Waals surface area contributed by atoms with E-state index in [9.17, 15) is 0 Å². The van der Waals surface area contributed by atoms with Crippen LogP contribution >= 0.6 is 0 Å². The summed E-state index contributed by atoms with van der Waals surface area (Å²) in [5.74, 6) is 0. The minimum absolute atomic E-state index is 1.26. The number of rotatable bonds is 0. The van der Waals surface area contributed by atoms with Gasteiger partial charge in [0.25, 0.3) is 0 Å². The van der Waals surface area contributed by atoms with E-state index in [1.807, 2.05) is 0 Å². The molecule has 0 atom stereocenters. The highest BCUT2D eigenvalue weighted by atomic mass is 15.0. The Bertz CT molecular complexity index is 4420. The van der Waals surface area contributed by atoms with Gasteiger partial charge in [-0.15, -0.1) is 0 Å². The monoisotopic (exact) mass is 730 g/mol. The lowest BCUT2D eigenvalue weighted by molar-refractivity contribution is 1.36. The molecular weight excluding hydrogens is 705 g/mol. The van der Waals surface area contributed by atoms with Gasteiger partial charge in [0.15, 0.2) is 0 Å². The third kappa shape index (κ3) is 2.68. The lowest BCUT2D eigenvalue weighted by Gasteiger charge is -2.03. The van der Waals surface area contributed by atoms with E-state index in [0.717, 1.165) is 0 Å². The van der Waals surface area contributed by atoms with Crippen LogP contribution in [0.1, 0.15) is 0 Å². The van der Waals surface area contributed by atoms with Crippen molar-refractivity contribution in [1.82, 2.24) is 17.6 Å². The Morgan fingerprint density at radius 2 is 0.500 bits per heavy atom. The summed E-state index contributed by atoms with van der Waals surface area (Å²) in [6, 6.07) is 59.8. The Morgan fingerprint density at radius 3 is 0.931 bits per heavy atom. The van der Waals surface area contributed by atoms with Crippen molar-refractivity contribution in [2.45, 2.75) is 0 Å². The number of fused-ring (bicyclic) bond motifs is 26. The van der Waals surface area contributed by atoms with Crippen molar-refractivity contribution in [3.63, 3.8) is 0 Å². The molecule has 0 unspecified atom stereocenters. The molecule has 0 saturated heterocycles. The first-order chi connectivity index (χ1) is 28.8. The number of nitrogens with zero attached hydrogens (tertiary/aromatic N) is 4. The normalized spacial score (nSPS) is 13.5. The molecule has 0 bridgehead atoms. The SMILES string of the molecule is c1ccc2c(c1)c1c3c(cc4c5cccc6c7ccccc7n(c65)c41)c1cc4c(cc1n23)c1cc2c3cccc5c6ccccc6n(c53)c2c2c3ccccc3n4c12. The number of benzene rings is 9. The Morgan fingerprint density at radius 1 is 0.190 bits per heavy atom. The summed E-state index contributed by atoms with van der Waals surface area (Å²) < 4.78 is 10.3. The molecule has 58 heavy (non-hydrogen) atoms. The standard InChI is InChI=1S/C54H26N4/c1-5-19-41-27(11-1)29-15-9-17-31-37-23-39-35-25-46-36(26-45(35)55-43-21-7-3-13-33(43)47(51(39)55)53(37)57(41)49(29)31)40-24-38-32-18-10-16-30-28-12-2-6-20-42(28)58(50(30)32)54(38)48-34-14-4-8-22-44(34)56(46)52(40)48/h1-26H. The first-order valence-electron chi connectivity index (χ1n) is 20.3. The van der Waals surface area contributed by atoms with Gasteiger partial charge in [-0.1, -0.05) is 109 Å². The van der Waals surface area contributed by atoms with Crippen LogP contribution in [0, 0.1) is 0 Å². The van der Waals surface area contributed by atoms with Gasteiger partial charge < -0.3 is 17.6 Å². The van der Waals surface area contributed by atoms with Crippen molar-refractivity contribution in [3.8, 4) is 0 Å². The molecule has 17 aromatic rings. The molecule has 9 aromatic carbocycles. The maximum absolute atomic E-state index is 2.58. The molecule has 17 rings (SSSR count). The number of aromatic nitrogens is 4. The zero-order valence-corrected chi connectivity index (χ0v) is 30.8. The second-order valence-corrected chi connectivity index (χ2v) is 16.8. The van der Waals surface area contributed by atoms with Crippen LogP contribution in [0.3, 0.4) is 0 Å². The molecule has 0 aliphatic carbocycles.